The molecule has 0 aromatic heterocycles. The van der Waals surface area contributed by atoms with Crippen LogP contribution in [0.5, 0.6) is 5.75 Å². The Hall–Kier alpha value is -1.91. The van der Waals surface area contributed by atoms with Crippen molar-refractivity contribution in [1.29, 1.82) is 0 Å². The van der Waals surface area contributed by atoms with Crippen LogP contribution >= 0.6 is 11.6 Å². The van der Waals surface area contributed by atoms with Crippen LogP contribution in [0.3, 0.4) is 0 Å². The van der Waals surface area contributed by atoms with Crippen LogP contribution in [0.4, 0.5) is 5.69 Å². The van der Waals surface area contributed by atoms with Gasteiger partial charge in [-0.05, 0) is 18.6 Å². The zero-order valence-corrected chi connectivity index (χ0v) is 16.1. The number of hydrogen-bond donors (Lipinski definition) is 0. The molecular weight excluding hydrogens is 398 g/mol. The van der Waals surface area contributed by atoms with Crippen molar-refractivity contribution in [3.8, 4) is 5.75 Å². The maximum Gasteiger partial charge on any atom is 0.312 e. The number of ether oxygens (including phenoxy) is 1. The standard InChI is InChI=1S/C16H20ClN3O6S/c17-12-1-2-15(14(9-12)20(22)23)26-10-16(21)19-6-4-18(5-7-19)13-3-8-27(24,25)11-13/h1-2,9,13H,3-8,10-11H2/t13-/m1/s1. The Morgan fingerprint density at radius 1 is 1.30 bits per heavy atom. The number of amides is 1. The van der Waals surface area contributed by atoms with Gasteiger partial charge in [-0.3, -0.25) is 19.8 Å². The van der Waals surface area contributed by atoms with Gasteiger partial charge in [-0.25, -0.2) is 8.42 Å². The van der Waals surface area contributed by atoms with Gasteiger partial charge >= 0.3 is 5.69 Å². The minimum atomic E-state index is -2.93. The minimum Gasteiger partial charge on any atom is -0.477 e. The smallest absolute Gasteiger partial charge is 0.312 e. The van der Waals surface area contributed by atoms with Crippen LogP contribution in [-0.4, -0.2) is 79.4 Å². The van der Waals surface area contributed by atoms with Gasteiger partial charge in [0.2, 0.25) is 0 Å². The van der Waals surface area contributed by atoms with E-state index in [-0.39, 0.29) is 46.5 Å². The van der Waals surface area contributed by atoms with Crippen molar-refractivity contribution >= 4 is 33.0 Å². The van der Waals surface area contributed by atoms with Gasteiger partial charge in [-0.15, -0.1) is 0 Å². The van der Waals surface area contributed by atoms with E-state index in [2.05, 4.69) is 4.90 Å². The van der Waals surface area contributed by atoms with E-state index in [4.69, 9.17) is 16.3 Å². The Morgan fingerprint density at radius 2 is 2.00 bits per heavy atom. The van der Waals surface area contributed by atoms with Crippen LogP contribution in [0.1, 0.15) is 6.42 Å². The molecule has 1 atom stereocenters. The van der Waals surface area contributed by atoms with Gasteiger partial charge in [0.05, 0.1) is 16.4 Å². The highest BCUT2D eigenvalue weighted by atomic mass is 35.5. The van der Waals surface area contributed by atoms with Crippen LogP contribution < -0.4 is 4.74 Å². The third kappa shape index (κ3) is 4.88. The maximum absolute atomic E-state index is 12.3. The van der Waals surface area contributed by atoms with Crippen molar-refractivity contribution in [3.63, 3.8) is 0 Å². The van der Waals surface area contributed by atoms with E-state index in [0.29, 0.717) is 32.6 Å². The van der Waals surface area contributed by atoms with E-state index in [1.54, 1.807) is 4.90 Å². The van der Waals surface area contributed by atoms with Crippen LogP contribution in [-0.2, 0) is 14.6 Å². The van der Waals surface area contributed by atoms with E-state index in [1.165, 1.54) is 18.2 Å². The quantitative estimate of drug-likeness (QED) is 0.518. The molecule has 0 bridgehead atoms. The molecule has 2 aliphatic heterocycles. The number of sulfone groups is 1. The van der Waals surface area contributed by atoms with Gasteiger partial charge in [0.25, 0.3) is 5.91 Å². The van der Waals surface area contributed by atoms with Gasteiger partial charge in [0.15, 0.2) is 22.2 Å². The van der Waals surface area contributed by atoms with Crippen molar-refractivity contribution in [3.05, 3.63) is 33.3 Å². The number of nitro groups is 1. The average molecular weight is 418 g/mol. The number of nitro benzene ring substituents is 1. The highest BCUT2D eigenvalue weighted by Crippen LogP contribution is 2.30. The number of hydrogen-bond acceptors (Lipinski definition) is 7. The molecule has 0 N–H and O–H groups in total. The lowest BCUT2D eigenvalue weighted by Gasteiger charge is -2.37. The fraction of sp³-hybridized carbons (Fsp3) is 0.562. The third-order valence-corrected chi connectivity index (χ3v) is 6.85. The van der Waals surface area contributed by atoms with Crippen LogP contribution in [0.2, 0.25) is 5.02 Å². The highest BCUT2D eigenvalue weighted by molar-refractivity contribution is 7.91. The van der Waals surface area contributed by atoms with E-state index >= 15 is 0 Å². The molecule has 2 aliphatic rings. The number of carbonyl (C=O) groups excluding carboxylic acids is 1. The predicted molar refractivity (Wildman–Crippen MR) is 98.8 cm³/mol. The average Bonchev–Trinajstić information content (AvgIpc) is 3.00. The lowest BCUT2D eigenvalue weighted by atomic mass is 10.2. The first-order chi connectivity index (χ1) is 12.7. The fourth-order valence-electron chi connectivity index (χ4n) is 3.39. The summed E-state index contributed by atoms with van der Waals surface area (Å²) in [6, 6.07) is 4.03. The first-order valence-corrected chi connectivity index (χ1v) is 10.7. The molecule has 0 aliphatic carbocycles. The molecule has 1 aromatic rings. The largest absolute Gasteiger partial charge is 0.477 e. The lowest BCUT2D eigenvalue weighted by Crippen LogP contribution is -2.53. The summed E-state index contributed by atoms with van der Waals surface area (Å²) >= 11 is 5.75. The summed E-state index contributed by atoms with van der Waals surface area (Å²) < 4.78 is 28.6. The zero-order chi connectivity index (χ0) is 19.6. The molecule has 11 heteroatoms. The number of halogens is 1. The van der Waals surface area contributed by atoms with Gasteiger partial charge in [0.1, 0.15) is 0 Å². The van der Waals surface area contributed by atoms with Gasteiger partial charge in [-0.2, -0.15) is 0 Å². The number of nitrogens with zero attached hydrogens (tertiary/aromatic N) is 3. The zero-order valence-electron chi connectivity index (χ0n) is 14.5. The molecule has 148 valence electrons. The Morgan fingerprint density at radius 3 is 2.59 bits per heavy atom. The number of rotatable bonds is 5. The minimum absolute atomic E-state index is 0.00690. The summed E-state index contributed by atoms with van der Waals surface area (Å²) in [5.41, 5.74) is -0.289. The summed E-state index contributed by atoms with van der Waals surface area (Å²) in [6.07, 6.45) is 0.639. The maximum atomic E-state index is 12.3. The molecule has 2 heterocycles. The second-order valence-electron chi connectivity index (χ2n) is 6.63. The van der Waals surface area contributed by atoms with Crippen LogP contribution in [0.25, 0.3) is 0 Å². The third-order valence-electron chi connectivity index (χ3n) is 4.86. The Balaban J connectivity index is 1.51. The van der Waals surface area contributed by atoms with Crippen molar-refractivity contribution < 1.29 is 22.9 Å². The number of benzene rings is 1. The highest BCUT2D eigenvalue weighted by Gasteiger charge is 2.34. The van der Waals surface area contributed by atoms with Gasteiger partial charge in [0, 0.05) is 43.3 Å². The summed E-state index contributed by atoms with van der Waals surface area (Å²) in [6.45, 7) is 1.85. The molecule has 1 aromatic carbocycles. The molecule has 2 fully saturated rings. The number of piperazine rings is 1. The summed E-state index contributed by atoms with van der Waals surface area (Å²) in [5.74, 6) is 0.139. The molecule has 0 spiro atoms. The molecule has 3 rings (SSSR count). The molecule has 9 nitrogen and oxygen atoms in total. The van der Waals surface area contributed by atoms with E-state index in [9.17, 15) is 23.3 Å². The second kappa shape index (κ2) is 7.99. The van der Waals surface area contributed by atoms with Crippen molar-refractivity contribution in [1.82, 2.24) is 9.80 Å². The Labute approximate surface area is 161 Å². The molecule has 0 radical (unpaired) electrons. The summed E-state index contributed by atoms with van der Waals surface area (Å²) in [4.78, 5) is 26.5. The van der Waals surface area contributed by atoms with Gasteiger partial charge < -0.3 is 9.64 Å². The van der Waals surface area contributed by atoms with Crippen molar-refractivity contribution in [2.75, 3.05) is 44.3 Å². The normalized spacial score (nSPS) is 22.6. The Kier molecular flexibility index (Phi) is 5.87. The fourth-order valence-corrected chi connectivity index (χ4v) is 5.31. The monoisotopic (exact) mass is 417 g/mol. The molecule has 0 saturated carbocycles. The molecular formula is C16H20ClN3O6S. The first kappa shape index (κ1) is 19.8. The topological polar surface area (TPSA) is 110 Å². The lowest BCUT2D eigenvalue weighted by molar-refractivity contribution is -0.385. The summed E-state index contributed by atoms with van der Waals surface area (Å²) in [7, 11) is -2.93. The van der Waals surface area contributed by atoms with E-state index in [1.807, 2.05) is 0 Å². The van der Waals surface area contributed by atoms with Crippen molar-refractivity contribution in [2.24, 2.45) is 0 Å². The molecule has 0 unspecified atom stereocenters. The van der Waals surface area contributed by atoms with Crippen LogP contribution in [0.15, 0.2) is 18.2 Å². The van der Waals surface area contributed by atoms with Crippen molar-refractivity contribution in [2.45, 2.75) is 12.5 Å². The van der Waals surface area contributed by atoms with E-state index < -0.39 is 14.8 Å². The summed E-state index contributed by atoms with van der Waals surface area (Å²) in [5, 5.41) is 11.3. The number of carbonyl (C=O) groups is 1. The molecule has 1 amide bonds. The second-order valence-corrected chi connectivity index (χ2v) is 9.30. The van der Waals surface area contributed by atoms with Gasteiger partial charge in [-0.1, -0.05) is 11.6 Å². The SMILES string of the molecule is O=C(COc1ccc(Cl)cc1[N+](=O)[O-])N1CCN([C@@H]2CCS(=O)(=O)C2)CC1. The predicted octanol–water partition coefficient (Wildman–Crippen LogP) is 0.958. The molecule has 2 saturated heterocycles. The van der Waals surface area contributed by atoms with E-state index in [0.717, 1.165) is 0 Å². The first-order valence-electron chi connectivity index (χ1n) is 8.54. The van der Waals surface area contributed by atoms with Crippen LogP contribution in [0, 0.1) is 10.1 Å². The molecule has 27 heavy (non-hydrogen) atoms. The Bertz CT molecular complexity index is 839.